The Labute approximate surface area is 162 Å². The van der Waals surface area contributed by atoms with E-state index in [4.69, 9.17) is 0 Å². The van der Waals surface area contributed by atoms with Crippen molar-refractivity contribution in [3.05, 3.63) is 35.4 Å². The Morgan fingerprint density at radius 3 is 2.44 bits per heavy atom. The summed E-state index contributed by atoms with van der Waals surface area (Å²) in [7, 11) is 0. The molecular formula is C23H32N2O2. The zero-order valence-corrected chi connectivity index (χ0v) is 17.0. The van der Waals surface area contributed by atoms with Crippen molar-refractivity contribution in [3.63, 3.8) is 0 Å². The van der Waals surface area contributed by atoms with E-state index in [-0.39, 0.29) is 28.7 Å². The van der Waals surface area contributed by atoms with Crippen LogP contribution in [-0.2, 0) is 20.4 Å². The topological polar surface area (TPSA) is 49.4 Å². The van der Waals surface area contributed by atoms with E-state index in [0.717, 1.165) is 25.9 Å². The van der Waals surface area contributed by atoms with Gasteiger partial charge in [0.25, 0.3) is 0 Å². The fourth-order valence-electron chi connectivity index (χ4n) is 4.93. The molecule has 1 N–H and O–H groups in total. The second-order valence-electron chi connectivity index (χ2n) is 9.89. The van der Waals surface area contributed by atoms with Crippen molar-refractivity contribution in [2.45, 2.75) is 70.3 Å². The van der Waals surface area contributed by atoms with Crippen LogP contribution in [0.15, 0.2) is 24.3 Å². The van der Waals surface area contributed by atoms with E-state index < -0.39 is 0 Å². The lowest BCUT2D eigenvalue weighted by Crippen LogP contribution is -2.50. The van der Waals surface area contributed by atoms with Gasteiger partial charge in [0, 0.05) is 36.9 Å². The smallest absolute Gasteiger partial charge is 0.225 e. The second-order valence-corrected chi connectivity index (χ2v) is 9.89. The number of nitrogens with one attached hydrogen (secondary N) is 1. The van der Waals surface area contributed by atoms with E-state index in [1.165, 1.54) is 17.5 Å². The van der Waals surface area contributed by atoms with Gasteiger partial charge in [-0.3, -0.25) is 9.59 Å². The van der Waals surface area contributed by atoms with Crippen molar-refractivity contribution in [3.8, 4) is 0 Å². The molecule has 146 valence electrons. The van der Waals surface area contributed by atoms with Crippen molar-refractivity contribution < 1.29 is 9.59 Å². The number of benzene rings is 1. The Kier molecular flexibility index (Phi) is 4.36. The summed E-state index contributed by atoms with van der Waals surface area (Å²) in [5.74, 6) is 1.11. The molecule has 0 radical (unpaired) electrons. The summed E-state index contributed by atoms with van der Waals surface area (Å²) in [6.07, 6.45) is 3.34. The van der Waals surface area contributed by atoms with E-state index >= 15 is 0 Å². The number of carbonyl (C=O) groups excluding carboxylic acids is 2. The summed E-state index contributed by atoms with van der Waals surface area (Å²) in [4.78, 5) is 26.4. The Morgan fingerprint density at radius 1 is 1.19 bits per heavy atom. The molecule has 2 saturated carbocycles. The maximum atomic E-state index is 12.9. The SMILES string of the molecule is CCC(=O)NC1CC(C(=O)N2C[C@@H]3CC3(c3ccc(C(C)(C)C)cc3)C2)C1. The molecule has 0 aromatic heterocycles. The average Bonchev–Trinajstić information content (AvgIpc) is 3.17. The van der Waals surface area contributed by atoms with Crippen LogP contribution in [0.2, 0.25) is 0 Å². The molecule has 4 heteroatoms. The minimum absolute atomic E-state index is 0.0889. The molecule has 1 aromatic rings. The van der Waals surface area contributed by atoms with Crippen LogP contribution in [0.25, 0.3) is 0 Å². The van der Waals surface area contributed by atoms with E-state index in [2.05, 4.69) is 55.3 Å². The zero-order valence-electron chi connectivity index (χ0n) is 17.0. The zero-order chi connectivity index (χ0) is 19.4. The van der Waals surface area contributed by atoms with E-state index in [1.807, 2.05) is 6.92 Å². The minimum Gasteiger partial charge on any atom is -0.353 e. The molecule has 27 heavy (non-hydrogen) atoms. The Hall–Kier alpha value is -1.84. The Bertz CT molecular complexity index is 743. The molecular weight excluding hydrogens is 336 g/mol. The lowest BCUT2D eigenvalue weighted by atomic mass is 9.79. The van der Waals surface area contributed by atoms with Crippen molar-refractivity contribution in [2.24, 2.45) is 11.8 Å². The predicted molar refractivity (Wildman–Crippen MR) is 106 cm³/mol. The number of hydrogen-bond donors (Lipinski definition) is 1. The first-order chi connectivity index (χ1) is 12.7. The number of rotatable bonds is 4. The van der Waals surface area contributed by atoms with Crippen molar-refractivity contribution in [2.75, 3.05) is 13.1 Å². The summed E-state index contributed by atoms with van der Waals surface area (Å²) in [5, 5.41) is 3.00. The van der Waals surface area contributed by atoms with Gasteiger partial charge in [-0.2, -0.15) is 0 Å². The van der Waals surface area contributed by atoms with Crippen LogP contribution in [0.1, 0.15) is 64.5 Å². The normalized spacial score (nSPS) is 31.9. The monoisotopic (exact) mass is 368 g/mol. The van der Waals surface area contributed by atoms with Crippen LogP contribution in [0.3, 0.4) is 0 Å². The van der Waals surface area contributed by atoms with Crippen molar-refractivity contribution in [1.29, 1.82) is 0 Å². The first-order valence-electron chi connectivity index (χ1n) is 10.4. The van der Waals surface area contributed by atoms with Gasteiger partial charge in [0.1, 0.15) is 0 Å². The number of hydrogen-bond acceptors (Lipinski definition) is 2. The highest BCUT2D eigenvalue weighted by atomic mass is 16.2. The standard InChI is InChI=1S/C23H32N2O2/c1-5-20(26)24-19-10-15(11-19)21(27)25-13-18-12-23(18,14-25)17-8-6-16(7-9-17)22(2,3)4/h6-9,15,18-19H,5,10-14H2,1-4H3,(H,24,26)/t15?,18-,19?,23?/m0/s1. The lowest BCUT2D eigenvalue weighted by molar-refractivity contribution is -0.139. The number of nitrogens with zero attached hydrogens (tertiary/aromatic N) is 1. The molecule has 2 atom stereocenters. The molecule has 2 aliphatic carbocycles. The summed E-state index contributed by atoms with van der Waals surface area (Å²) in [6, 6.07) is 9.29. The van der Waals surface area contributed by atoms with Gasteiger partial charge in [-0.25, -0.2) is 0 Å². The largest absolute Gasteiger partial charge is 0.353 e. The molecule has 4 nitrogen and oxygen atoms in total. The molecule has 1 saturated heterocycles. The van der Waals surface area contributed by atoms with Crippen LogP contribution in [-0.4, -0.2) is 35.8 Å². The molecule has 1 unspecified atom stereocenters. The molecule has 2 amide bonds. The fraction of sp³-hybridized carbons (Fsp3) is 0.652. The van der Waals surface area contributed by atoms with Crippen LogP contribution < -0.4 is 5.32 Å². The first kappa shape index (κ1) is 18.5. The Balaban J connectivity index is 1.35. The van der Waals surface area contributed by atoms with E-state index in [1.54, 1.807) is 0 Å². The lowest BCUT2D eigenvalue weighted by Gasteiger charge is -2.37. The van der Waals surface area contributed by atoms with Gasteiger partial charge in [-0.1, -0.05) is 52.0 Å². The summed E-state index contributed by atoms with van der Waals surface area (Å²) in [6.45, 7) is 10.4. The highest BCUT2D eigenvalue weighted by Gasteiger charge is 2.62. The predicted octanol–water partition coefficient (Wildman–Crippen LogP) is 3.39. The number of amides is 2. The molecule has 3 aliphatic rings. The van der Waals surface area contributed by atoms with Gasteiger partial charge in [0.05, 0.1) is 0 Å². The van der Waals surface area contributed by atoms with Gasteiger partial charge in [-0.05, 0) is 41.7 Å². The van der Waals surface area contributed by atoms with Gasteiger partial charge in [0.2, 0.25) is 11.8 Å². The number of piperidine rings is 1. The van der Waals surface area contributed by atoms with Crippen LogP contribution in [0, 0.1) is 11.8 Å². The molecule has 0 spiro atoms. The summed E-state index contributed by atoms with van der Waals surface area (Å²) >= 11 is 0. The summed E-state index contributed by atoms with van der Waals surface area (Å²) in [5.41, 5.74) is 3.13. The number of likely N-dealkylation sites (tertiary alicyclic amines) is 1. The van der Waals surface area contributed by atoms with Gasteiger partial charge in [-0.15, -0.1) is 0 Å². The molecule has 0 bridgehead atoms. The maximum absolute atomic E-state index is 12.9. The highest BCUT2D eigenvalue weighted by molar-refractivity contribution is 5.82. The van der Waals surface area contributed by atoms with Crippen molar-refractivity contribution in [1.82, 2.24) is 10.2 Å². The Morgan fingerprint density at radius 2 is 1.85 bits per heavy atom. The van der Waals surface area contributed by atoms with Crippen LogP contribution in [0.5, 0.6) is 0 Å². The van der Waals surface area contributed by atoms with Crippen molar-refractivity contribution >= 4 is 11.8 Å². The van der Waals surface area contributed by atoms with E-state index in [0.29, 0.717) is 18.2 Å². The number of carbonyl (C=O) groups is 2. The van der Waals surface area contributed by atoms with Crippen LogP contribution >= 0.6 is 0 Å². The third-order valence-corrected chi connectivity index (χ3v) is 6.96. The second kappa shape index (κ2) is 6.35. The van der Waals surface area contributed by atoms with Crippen LogP contribution in [0.4, 0.5) is 0 Å². The third kappa shape index (κ3) is 3.28. The van der Waals surface area contributed by atoms with Gasteiger partial charge >= 0.3 is 0 Å². The molecule has 1 aromatic carbocycles. The van der Waals surface area contributed by atoms with E-state index in [9.17, 15) is 9.59 Å². The molecule has 3 fully saturated rings. The minimum atomic E-state index is 0.0889. The third-order valence-electron chi connectivity index (χ3n) is 6.96. The average molecular weight is 369 g/mol. The number of fused-ring (bicyclic) bond motifs is 1. The molecule has 4 rings (SSSR count). The maximum Gasteiger partial charge on any atom is 0.225 e. The molecule has 1 heterocycles. The highest BCUT2D eigenvalue weighted by Crippen LogP contribution is 2.59. The molecule has 1 aliphatic heterocycles. The van der Waals surface area contributed by atoms with Gasteiger partial charge in [0.15, 0.2) is 0 Å². The fourth-order valence-corrected chi connectivity index (χ4v) is 4.93. The summed E-state index contributed by atoms with van der Waals surface area (Å²) < 4.78 is 0. The van der Waals surface area contributed by atoms with Gasteiger partial charge < -0.3 is 10.2 Å². The quantitative estimate of drug-likeness (QED) is 0.886. The first-order valence-corrected chi connectivity index (χ1v) is 10.4.